The van der Waals surface area contributed by atoms with Crippen LogP contribution in [0.4, 0.5) is 4.39 Å². The summed E-state index contributed by atoms with van der Waals surface area (Å²) in [6.45, 7) is 5.96. The summed E-state index contributed by atoms with van der Waals surface area (Å²) in [5, 5.41) is 13.2. The Hall–Kier alpha value is -2.63. The summed E-state index contributed by atoms with van der Waals surface area (Å²) in [6, 6.07) is 9.99. The standard InChI is InChI=1S/C20H24FN3O2/c1-14-8-10-24(11-9-14)19(23-25)18-7-6-15(2)22-20(18)26-13-16-4-3-5-17(21)12-16/h3-7,12,14,25H,8-11,13H2,1-2H3/b23-19-. The van der Waals surface area contributed by atoms with Gasteiger partial charge < -0.3 is 14.8 Å². The second-order valence-electron chi connectivity index (χ2n) is 6.82. The number of aryl methyl sites for hydroxylation is 1. The summed E-state index contributed by atoms with van der Waals surface area (Å²) in [7, 11) is 0. The van der Waals surface area contributed by atoms with Crippen LogP contribution in [-0.4, -0.2) is 34.0 Å². The first-order valence-electron chi connectivity index (χ1n) is 8.89. The van der Waals surface area contributed by atoms with Crippen LogP contribution in [0.15, 0.2) is 41.6 Å². The van der Waals surface area contributed by atoms with E-state index in [-0.39, 0.29) is 12.4 Å². The maximum Gasteiger partial charge on any atom is 0.225 e. The van der Waals surface area contributed by atoms with E-state index < -0.39 is 0 Å². The molecule has 0 aliphatic carbocycles. The zero-order chi connectivity index (χ0) is 18.5. The van der Waals surface area contributed by atoms with Crippen LogP contribution in [0, 0.1) is 18.7 Å². The Balaban J connectivity index is 1.82. The minimum absolute atomic E-state index is 0.191. The van der Waals surface area contributed by atoms with Crippen LogP contribution >= 0.6 is 0 Å². The molecular weight excluding hydrogens is 333 g/mol. The van der Waals surface area contributed by atoms with Gasteiger partial charge >= 0.3 is 0 Å². The van der Waals surface area contributed by atoms with Crippen molar-refractivity contribution < 1.29 is 14.3 Å². The summed E-state index contributed by atoms with van der Waals surface area (Å²) >= 11 is 0. The largest absolute Gasteiger partial charge is 0.472 e. The lowest BCUT2D eigenvalue weighted by Gasteiger charge is -2.32. The van der Waals surface area contributed by atoms with Crippen molar-refractivity contribution in [2.24, 2.45) is 11.1 Å². The normalized spacial score (nSPS) is 16.0. The van der Waals surface area contributed by atoms with Crippen molar-refractivity contribution in [1.82, 2.24) is 9.88 Å². The Morgan fingerprint density at radius 2 is 2.08 bits per heavy atom. The Labute approximate surface area is 153 Å². The maximum absolute atomic E-state index is 13.4. The lowest BCUT2D eigenvalue weighted by atomic mass is 9.98. The molecule has 1 aliphatic rings. The zero-order valence-electron chi connectivity index (χ0n) is 15.2. The average Bonchev–Trinajstić information content (AvgIpc) is 2.63. The minimum Gasteiger partial charge on any atom is -0.472 e. The first-order valence-corrected chi connectivity index (χ1v) is 8.89. The molecule has 1 fully saturated rings. The number of halogens is 1. The lowest BCUT2D eigenvalue weighted by molar-refractivity contribution is 0.254. The van der Waals surface area contributed by atoms with E-state index >= 15 is 0 Å². The third kappa shape index (κ3) is 4.31. The Kier molecular flexibility index (Phi) is 5.71. The van der Waals surface area contributed by atoms with Crippen molar-refractivity contribution in [3.63, 3.8) is 0 Å². The molecule has 2 heterocycles. The van der Waals surface area contributed by atoms with E-state index in [1.807, 2.05) is 19.1 Å². The van der Waals surface area contributed by atoms with Crippen molar-refractivity contribution in [2.75, 3.05) is 13.1 Å². The number of benzene rings is 1. The first-order chi connectivity index (χ1) is 12.6. The number of hydrogen-bond acceptors (Lipinski definition) is 4. The predicted molar refractivity (Wildman–Crippen MR) is 98.0 cm³/mol. The Bertz CT molecular complexity index is 786. The molecule has 0 radical (unpaired) electrons. The van der Waals surface area contributed by atoms with Crippen LogP contribution in [0.3, 0.4) is 0 Å². The van der Waals surface area contributed by atoms with Crippen LogP contribution in [0.1, 0.15) is 36.6 Å². The van der Waals surface area contributed by atoms with E-state index in [4.69, 9.17) is 4.74 Å². The number of nitrogens with zero attached hydrogens (tertiary/aromatic N) is 3. The number of piperidine rings is 1. The molecule has 0 bridgehead atoms. The summed E-state index contributed by atoms with van der Waals surface area (Å²) in [5.74, 6) is 1.23. The van der Waals surface area contributed by atoms with Gasteiger partial charge in [0.05, 0.1) is 5.56 Å². The number of oxime groups is 1. The highest BCUT2D eigenvalue weighted by Crippen LogP contribution is 2.24. The van der Waals surface area contributed by atoms with Gasteiger partial charge in [0.1, 0.15) is 12.4 Å². The fraction of sp³-hybridized carbons (Fsp3) is 0.400. The number of amidine groups is 1. The molecule has 1 N–H and O–H groups in total. The number of hydrogen-bond donors (Lipinski definition) is 1. The van der Waals surface area contributed by atoms with E-state index in [9.17, 15) is 9.60 Å². The number of aromatic nitrogens is 1. The summed E-state index contributed by atoms with van der Waals surface area (Å²) in [6.07, 6.45) is 2.11. The van der Waals surface area contributed by atoms with Crippen LogP contribution < -0.4 is 4.74 Å². The van der Waals surface area contributed by atoms with Gasteiger partial charge in [-0.05, 0) is 55.5 Å². The minimum atomic E-state index is -0.302. The predicted octanol–water partition coefficient (Wildman–Crippen LogP) is 3.98. The molecule has 1 aromatic carbocycles. The molecule has 0 amide bonds. The smallest absolute Gasteiger partial charge is 0.225 e. The Morgan fingerprint density at radius 3 is 2.77 bits per heavy atom. The van der Waals surface area contributed by atoms with Crippen LogP contribution in [-0.2, 0) is 6.61 Å². The highest BCUT2D eigenvalue weighted by molar-refractivity contribution is 6.00. The van der Waals surface area contributed by atoms with E-state index in [2.05, 4.69) is 22.0 Å². The monoisotopic (exact) mass is 357 g/mol. The molecule has 26 heavy (non-hydrogen) atoms. The van der Waals surface area contributed by atoms with Gasteiger partial charge in [0.25, 0.3) is 0 Å². The molecule has 0 saturated carbocycles. The van der Waals surface area contributed by atoms with Gasteiger partial charge in [-0.15, -0.1) is 0 Å². The molecule has 0 spiro atoms. The van der Waals surface area contributed by atoms with Crippen molar-refractivity contribution >= 4 is 5.84 Å². The number of ether oxygens (including phenoxy) is 1. The van der Waals surface area contributed by atoms with Crippen LogP contribution in [0.25, 0.3) is 0 Å². The molecule has 0 unspecified atom stereocenters. The average molecular weight is 357 g/mol. The van der Waals surface area contributed by atoms with Crippen LogP contribution in [0.2, 0.25) is 0 Å². The third-order valence-electron chi connectivity index (χ3n) is 4.68. The molecule has 1 aromatic heterocycles. The highest BCUT2D eigenvalue weighted by Gasteiger charge is 2.23. The fourth-order valence-electron chi connectivity index (χ4n) is 3.10. The molecular formula is C20H24FN3O2. The summed E-state index contributed by atoms with van der Waals surface area (Å²) in [5.41, 5.74) is 2.16. The van der Waals surface area contributed by atoms with Gasteiger partial charge in [0, 0.05) is 18.8 Å². The van der Waals surface area contributed by atoms with Crippen molar-refractivity contribution in [1.29, 1.82) is 0 Å². The van der Waals surface area contributed by atoms with Crippen LogP contribution in [0.5, 0.6) is 5.88 Å². The topological polar surface area (TPSA) is 58.0 Å². The molecule has 2 aromatic rings. The second kappa shape index (κ2) is 8.17. The summed E-state index contributed by atoms with van der Waals surface area (Å²) in [4.78, 5) is 6.51. The van der Waals surface area contributed by atoms with Gasteiger partial charge in [0.2, 0.25) is 5.88 Å². The van der Waals surface area contributed by atoms with Gasteiger partial charge in [-0.1, -0.05) is 24.2 Å². The lowest BCUT2D eigenvalue weighted by Crippen LogP contribution is -2.38. The molecule has 1 saturated heterocycles. The van der Waals surface area contributed by atoms with Crippen molar-refractivity contribution in [3.05, 3.63) is 59.0 Å². The van der Waals surface area contributed by atoms with Gasteiger partial charge in [-0.2, -0.15) is 0 Å². The second-order valence-corrected chi connectivity index (χ2v) is 6.82. The molecule has 5 nitrogen and oxygen atoms in total. The van der Waals surface area contributed by atoms with Gasteiger partial charge in [0.15, 0.2) is 5.84 Å². The van der Waals surface area contributed by atoms with Crippen molar-refractivity contribution in [2.45, 2.75) is 33.3 Å². The first kappa shape index (κ1) is 18.2. The molecule has 1 aliphatic heterocycles. The fourth-order valence-corrected chi connectivity index (χ4v) is 3.10. The SMILES string of the molecule is Cc1ccc(/C(=N/O)N2CCC(C)CC2)c(OCc2cccc(F)c2)n1. The molecule has 138 valence electrons. The van der Waals surface area contributed by atoms with Gasteiger partial charge in [-0.25, -0.2) is 9.37 Å². The third-order valence-corrected chi connectivity index (χ3v) is 4.68. The highest BCUT2D eigenvalue weighted by atomic mass is 19.1. The quantitative estimate of drug-likeness (QED) is 0.389. The maximum atomic E-state index is 13.4. The molecule has 3 rings (SSSR count). The Morgan fingerprint density at radius 1 is 1.31 bits per heavy atom. The van der Waals surface area contributed by atoms with E-state index in [1.165, 1.54) is 12.1 Å². The van der Waals surface area contributed by atoms with E-state index in [0.717, 1.165) is 31.6 Å². The number of pyridine rings is 1. The number of rotatable bonds is 4. The van der Waals surface area contributed by atoms with E-state index in [1.54, 1.807) is 12.1 Å². The van der Waals surface area contributed by atoms with Crippen molar-refractivity contribution in [3.8, 4) is 5.88 Å². The van der Waals surface area contributed by atoms with E-state index in [0.29, 0.717) is 28.8 Å². The molecule has 6 heteroatoms. The van der Waals surface area contributed by atoms with Gasteiger partial charge in [-0.3, -0.25) is 0 Å². The summed E-state index contributed by atoms with van der Waals surface area (Å²) < 4.78 is 19.2. The zero-order valence-corrected chi connectivity index (χ0v) is 15.2. The molecule has 0 atom stereocenters. The number of likely N-dealkylation sites (tertiary alicyclic amines) is 1.